The van der Waals surface area contributed by atoms with E-state index in [4.69, 9.17) is 0 Å². The highest BCUT2D eigenvalue weighted by Gasteiger charge is 2.31. The maximum atomic E-state index is 2.52. The molecule has 0 heteroatoms. The molecule has 0 atom stereocenters. The van der Waals surface area contributed by atoms with Crippen LogP contribution >= 0.6 is 0 Å². The van der Waals surface area contributed by atoms with Gasteiger partial charge in [-0.05, 0) is 216 Å². The van der Waals surface area contributed by atoms with E-state index < -0.39 is 0 Å². The SMILES string of the molecule is Cc1ccc(C)c(-c2ccc3c4ccc5c6c(-c7ccccc7)c7c8ccc9c%10cc(C(C)(C)C)cc%11cc(C(C)(C)C)cc(c%12ccc(c7c(-c7ccccc7)c6c6ccc(c7cccc2c73)c4c65)c8c%129)c%11%10)c1. The molecule has 0 saturated heterocycles. The fourth-order valence-electron chi connectivity index (χ4n) is 14.3. The van der Waals surface area contributed by atoms with E-state index in [0.717, 1.165) is 0 Å². The van der Waals surface area contributed by atoms with Gasteiger partial charge in [0.1, 0.15) is 0 Å². The predicted octanol–water partition coefficient (Wildman–Crippen LogP) is 21.5. The summed E-state index contributed by atoms with van der Waals surface area (Å²) in [5.41, 5.74) is 13.1. The second-order valence-corrected chi connectivity index (χ2v) is 24.0. The van der Waals surface area contributed by atoms with E-state index in [1.54, 1.807) is 0 Å². The van der Waals surface area contributed by atoms with Crippen LogP contribution in [0.25, 0.3) is 163 Å². The van der Waals surface area contributed by atoms with Crippen molar-refractivity contribution in [2.75, 3.05) is 0 Å². The van der Waals surface area contributed by atoms with E-state index in [-0.39, 0.29) is 10.8 Å². The van der Waals surface area contributed by atoms with E-state index in [1.165, 1.54) is 185 Å². The third-order valence-electron chi connectivity index (χ3n) is 17.7. The van der Waals surface area contributed by atoms with Crippen molar-refractivity contribution in [1.29, 1.82) is 0 Å². The molecule has 16 rings (SSSR count). The van der Waals surface area contributed by atoms with Gasteiger partial charge < -0.3 is 0 Å². The van der Waals surface area contributed by atoms with Gasteiger partial charge in [0.05, 0.1) is 0 Å². The Morgan fingerprint density at radius 2 is 0.649 bits per heavy atom. The maximum absolute atomic E-state index is 2.52. The Kier molecular flexibility index (Phi) is 8.13. The summed E-state index contributed by atoms with van der Waals surface area (Å²) in [6.07, 6.45) is 0. The molecule has 0 aromatic heterocycles. The van der Waals surface area contributed by atoms with E-state index in [1.807, 2.05) is 0 Å². The molecule has 0 fully saturated rings. The lowest BCUT2D eigenvalue weighted by Gasteiger charge is -2.25. The molecule has 350 valence electrons. The summed E-state index contributed by atoms with van der Waals surface area (Å²) in [5.74, 6) is 0. The molecule has 0 saturated carbocycles. The fourth-order valence-corrected chi connectivity index (χ4v) is 14.3. The minimum absolute atomic E-state index is 0.00984. The summed E-state index contributed by atoms with van der Waals surface area (Å²) >= 11 is 0. The molecule has 0 aliphatic rings. The maximum Gasteiger partial charge on any atom is -0.000717 e. The first-order valence-electron chi connectivity index (χ1n) is 26.7. The smallest absolute Gasteiger partial charge is 0.000717 e. The van der Waals surface area contributed by atoms with Crippen molar-refractivity contribution < 1.29 is 0 Å². The first-order valence-corrected chi connectivity index (χ1v) is 26.7. The summed E-state index contributed by atoms with van der Waals surface area (Å²) in [6, 6.07) is 71.2. The normalized spacial score (nSPS) is 13.1. The molecule has 0 unspecified atom stereocenters. The number of hydrogen-bond donors (Lipinski definition) is 0. The van der Waals surface area contributed by atoms with Crippen LogP contribution in [0.1, 0.15) is 63.8 Å². The molecule has 0 aliphatic carbocycles. The molecule has 0 nitrogen and oxygen atoms in total. The highest BCUT2D eigenvalue weighted by molar-refractivity contribution is 6.51. The first kappa shape index (κ1) is 42.2. The Morgan fingerprint density at radius 1 is 0.257 bits per heavy atom. The third kappa shape index (κ3) is 5.38. The van der Waals surface area contributed by atoms with Crippen LogP contribution in [-0.2, 0) is 10.8 Å². The highest BCUT2D eigenvalue weighted by atomic mass is 14.3. The van der Waals surface area contributed by atoms with Crippen molar-refractivity contribution >= 4 is 129 Å². The molecule has 0 amide bonds. The van der Waals surface area contributed by atoms with Crippen LogP contribution in [0.5, 0.6) is 0 Å². The van der Waals surface area contributed by atoms with Crippen LogP contribution < -0.4 is 0 Å². The Balaban J connectivity index is 1.12. The van der Waals surface area contributed by atoms with Crippen molar-refractivity contribution in [3.8, 4) is 33.4 Å². The van der Waals surface area contributed by atoms with Gasteiger partial charge in [-0.3, -0.25) is 0 Å². The van der Waals surface area contributed by atoms with E-state index in [2.05, 4.69) is 237 Å². The van der Waals surface area contributed by atoms with Crippen molar-refractivity contribution in [2.24, 2.45) is 0 Å². The lowest BCUT2D eigenvalue weighted by Crippen LogP contribution is -2.12. The lowest BCUT2D eigenvalue weighted by atomic mass is 9.79. The Bertz CT molecular complexity index is 4810. The fraction of sp³-hybridized carbons (Fsp3) is 0.135. The molecule has 16 aromatic rings. The largest absolute Gasteiger partial charge is 0.0622 e. The summed E-state index contributed by atoms with van der Waals surface area (Å²) in [5, 5.41) is 32.3. The molecule has 0 spiro atoms. The molecule has 0 radical (unpaired) electrons. The monoisotopic (exact) mass is 942 g/mol. The average molecular weight is 943 g/mol. The van der Waals surface area contributed by atoms with Gasteiger partial charge >= 0.3 is 0 Å². The second-order valence-electron chi connectivity index (χ2n) is 24.0. The topological polar surface area (TPSA) is 0 Å². The number of benzene rings is 14. The quantitative estimate of drug-likeness (QED) is 0.122. The van der Waals surface area contributed by atoms with Crippen molar-refractivity contribution in [1.82, 2.24) is 0 Å². The van der Waals surface area contributed by atoms with E-state index >= 15 is 0 Å². The van der Waals surface area contributed by atoms with Crippen LogP contribution in [0.2, 0.25) is 0 Å². The lowest BCUT2D eigenvalue weighted by molar-refractivity contribution is 0.590. The summed E-state index contributed by atoms with van der Waals surface area (Å²) in [6.45, 7) is 18.6. The van der Waals surface area contributed by atoms with Crippen LogP contribution in [0.3, 0.4) is 0 Å². The number of rotatable bonds is 3. The molecule has 0 N–H and O–H groups in total. The second kappa shape index (κ2) is 14.2. The highest BCUT2D eigenvalue weighted by Crippen LogP contribution is 2.59. The van der Waals surface area contributed by atoms with Crippen LogP contribution in [0.15, 0.2) is 182 Å². The van der Waals surface area contributed by atoms with Crippen molar-refractivity contribution in [3.63, 3.8) is 0 Å². The number of aryl methyl sites for hydroxylation is 2. The van der Waals surface area contributed by atoms with E-state index in [9.17, 15) is 0 Å². The van der Waals surface area contributed by atoms with Gasteiger partial charge in [0.2, 0.25) is 0 Å². The summed E-state index contributed by atoms with van der Waals surface area (Å²) in [4.78, 5) is 0. The van der Waals surface area contributed by atoms with Crippen molar-refractivity contribution in [2.45, 2.75) is 66.2 Å². The van der Waals surface area contributed by atoms with Gasteiger partial charge in [-0.15, -0.1) is 0 Å². The first-order chi connectivity index (χ1) is 35.8. The van der Waals surface area contributed by atoms with Crippen LogP contribution in [0.4, 0.5) is 0 Å². The summed E-state index contributed by atoms with van der Waals surface area (Å²) < 4.78 is 0. The molecule has 74 heavy (non-hydrogen) atoms. The van der Waals surface area contributed by atoms with Gasteiger partial charge in [0.15, 0.2) is 0 Å². The third-order valence-corrected chi connectivity index (χ3v) is 17.7. The zero-order chi connectivity index (χ0) is 49.8. The van der Waals surface area contributed by atoms with Gasteiger partial charge in [0, 0.05) is 0 Å². The number of hydrogen-bond acceptors (Lipinski definition) is 0. The molecule has 0 heterocycles. The van der Waals surface area contributed by atoms with Crippen LogP contribution in [0, 0.1) is 13.8 Å². The zero-order valence-corrected chi connectivity index (χ0v) is 43.3. The summed E-state index contributed by atoms with van der Waals surface area (Å²) in [7, 11) is 0. The Morgan fingerprint density at radius 3 is 1.12 bits per heavy atom. The molecule has 0 aliphatic heterocycles. The molecular formula is C74H54. The Labute approximate surface area is 430 Å². The zero-order valence-electron chi connectivity index (χ0n) is 43.3. The molecule has 16 aromatic carbocycles. The number of fused-ring (bicyclic) bond motifs is 10. The van der Waals surface area contributed by atoms with Gasteiger partial charge in [-0.25, -0.2) is 0 Å². The van der Waals surface area contributed by atoms with Gasteiger partial charge in [0.25, 0.3) is 0 Å². The van der Waals surface area contributed by atoms with Crippen LogP contribution in [-0.4, -0.2) is 0 Å². The predicted molar refractivity (Wildman–Crippen MR) is 324 cm³/mol. The molecular weight excluding hydrogens is 889 g/mol. The van der Waals surface area contributed by atoms with E-state index in [0.29, 0.717) is 0 Å². The Hall–Kier alpha value is -8.32. The average Bonchev–Trinajstić information content (AvgIpc) is 3.92. The minimum atomic E-state index is -0.00984. The van der Waals surface area contributed by atoms with Gasteiger partial charge in [-0.1, -0.05) is 217 Å². The molecule has 0 bridgehead atoms. The van der Waals surface area contributed by atoms with Gasteiger partial charge in [-0.2, -0.15) is 0 Å². The van der Waals surface area contributed by atoms with Crippen molar-refractivity contribution in [3.05, 3.63) is 204 Å². The standard InChI is InChI=1S/C74H54/c1-39-22-23-40(2)58(34-39)46-24-25-49-51-27-31-55-67-54(30-26-50(65(51)67)48-21-15-20-47(46)64(48)49)69-62(41-16-11-9-12-17-41)71-56-32-28-52-59-37-44(73(3,4)5)35-43-36-45(74(6,7)8)38-60(61(43)59)53-29-33-57(68(56)66(52)53)72(71)63(70(55)69)42-18-13-10-14-19-42/h9-38H,1-8H3. The minimum Gasteiger partial charge on any atom is -0.0622 e.